The average molecular weight is 382 g/mol. The number of rotatable bonds is 3. The lowest BCUT2D eigenvalue weighted by atomic mass is 10.3. The van der Waals surface area contributed by atoms with Gasteiger partial charge < -0.3 is 25.0 Å². The van der Waals surface area contributed by atoms with E-state index < -0.39 is 0 Å². The van der Waals surface area contributed by atoms with Gasteiger partial charge in [-0.25, -0.2) is 19.6 Å². The summed E-state index contributed by atoms with van der Waals surface area (Å²) in [5.74, 6) is 2.13. The summed E-state index contributed by atoms with van der Waals surface area (Å²) in [7, 11) is 0. The standard InChI is InChI=1S/C18H22N8O2/c19-16-15-17(22-12-21-16)26(23-18(15)25-5-9-28-10-6-25)13-1-2-20-14(11-13)24-3-7-27-8-4-24/h1-2,11-12H,3-10H2,(H2,19,21,22). The topological polar surface area (TPSA) is 107 Å². The number of nitrogens with two attached hydrogens (primary N) is 1. The van der Waals surface area contributed by atoms with Gasteiger partial charge in [-0.3, -0.25) is 0 Å². The highest BCUT2D eigenvalue weighted by atomic mass is 16.5. The van der Waals surface area contributed by atoms with Crippen LogP contribution in [0.1, 0.15) is 0 Å². The van der Waals surface area contributed by atoms with Crippen molar-refractivity contribution in [1.29, 1.82) is 0 Å². The third-order valence-electron chi connectivity index (χ3n) is 5.09. The number of nitrogen functional groups attached to an aromatic ring is 1. The van der Waals surface area contributed by atoms with Gasteiger partial charge in [-0.15, -0.1) is 5.10 Å². The molecule has 10 heteroatoms. The van der Waals surface area contributed by atoms with Crippen LogP contribution in [0.15, 0.2) is 24.7 Å². The molecule has 3 aromatic heterocycles. The Kier molecular flexibility index (Phi) is 4.41. The van der Waals surface area contributed by atoms with E-state index in [4.69, 9.17) is 20.3 Å². The molecule has 2 aliphatic heterocycles. The zero-order chi connectivity index (χ0) is 18.9. The summed E-state index contributed by atoms with van der Waals surface area (Å²) in [6.07, 6.45) is 3.27. The second-order valence-corrected chi connectivity index (χ2v) is 6.76. The van der Waals surface area contributed by atoms with Gasteiger partial charge in [0.2, 0.25) is 0 Å². The second kappa shape index (κ2) is 7.21. The van der Waals surface area contributed by atoms with Gasteiger partial charge in [0.1, 0.15) is 23.3 Å². The Balaban J connectivity index is 1.60. The quantitative estimate of drug-likeness (QED) is 0.691. The third-order valence-corrected chi connectivity index (χ3v) is 5.09. The molecule has 0 atom stereocenters. The van der Waals surface area contributed by atoms with Gasteiger partial charge in [-0.05, 0) is 6.07 Å². The molecule has 0 spiro atoms. The minimum absolute atomic E-state index is 0.431. The maximum atomic E-state index is 6.21. The Morgan fingerprint density at radius 2 is 1.61 bits per heavy atom. The fraction of sp³-hybridized carbons (Fsp3) is 0.444. The van der Waals surface area contributed by atoms with Crippen LogP contribution in [-0.2, 0) is 9.47 Å². The Bertz CT molecular complexity index is 979. The number of ether oxygens (including phenoxy) is 2. The zero-order valence-corrected chi connectivity index (χ0v) is 15.5. The van der Waals surface area contributed by atoms with Crippen molar-refractivity contribution in [2.75, 3.05) is 68.1 Å². The number of fused-ring (bicyclic) bond motifs is 1. The Morgan fingerprint density at radius 1 is 0.893 bits per heavy atom. The SMILES string of the molecule is Nc1ncnc2c1c(N1CCOCC1)nn2-c1ccnc(N2CCOCC2)c1. The van der Waals surface area contributed by atoms with Crippen LogP contribution in [0, 0.1) is 0 Å². The zero-order valence-electron chi connectivity index (χ0n) is 15.5. The number of morpholine rings is 2. The fourth-order valence-electron chi connectivity index (χ4n) is 3.64. The van der Waals surface area contributed by atoms with E-state index in [1.807, 2.05) is 16.8 Å². The van der Waals surface area contributed by atoms with Gasteiger partial charge in [0.05, 0.1) is 32.1 Å². The fourth-order valence-corrected chi connectivity index (χ4v) is 3.64. The molecule has 2 N–H and O–H groups in total. The largest absolute Gasteiger partial charge is 0.383 e. The molecular formula is C18H22N8O2. The first-order valence-corrected chi connectivity index (χ1v) is 9.42. The first kappa shape index (κ1) is 17.1. The van der Waals surface area contributed by atoms with Gasteiger partial charge in [0.15, 0.2) is 11.5 Å². The number of hydrogen-bond acceptors (Lipinski definition) is 9. The maximum absolute atomic E-state index is 6.21. The van der Waals surface area contributed by atoms with E-state index in [0.717, 1.165) is 48.9 Å². The molecule has 0 radical (unpaired) electrons. The van der Waals surface area contributed by atoms with Crippen LogP contribution < -0.4 is 15.5 Å². The van der Waals surface area contributed by atoms with Gasteiger partial charge >= 0.3 is 0 Å². The molecule has 2 fully saturated rings. The molecule has 2 saturated heterocycles. The van der Waals surface area contributed by atoms with E-state index in [9.17, 15) is 0 Å². The van der Waals surface area contributed by atoms with Crippen LogP contribution in [0.2, 0.25) is 0 Å². The summed E-state index contributed by atoms with van der Waals surface area (Å²) >= 11 is 0. The normalized spacial score (nSPS) is 18.0. The Hall–Kier alpha value is -2.98. The minimum atomic E-state index is 0.431. The first-order valence-electron chi connectivity index (χ1n) is 9.42. The summed E-state index contributed by atoms with van der Waals surface area (Å²) in [5, 5.41) is 5.64. The van der Waals surface area contributed by atoms with Gasteiger partial charge in [-0.2, -0.15) is 0 Å². The number of aromatic nitrogens is 5. The van der Waals surface area contributed by atoms with Crippen LogP contribution in [0.25, 0.3) is 16.7 Å². The van der Waals surface area contributed by atoms with Gasteiger partial charge in [0, 0.05) is 38.4 Å². The summed E-state index contributed by atoms with van der Waals surface area (Å²) in [6, 6.07) is 3.96. The Morgan fingerprint density at radius 3 is 2.36 bits per heavy atom. The molecule has 2 aliphatic rings. The molecule has 5 heterocycles. The lowest BCUT2D eigenvalue weighted by Gasteiger charge is -2.28. The number of nitrogens with zero attached hydrogens (tertiary/aromatic N) is 7. The summed E-state index contributed by atoms with van der Waals surface area (Å²) in [4.78, 5) is 17.6. The van der Waals surface area contributed by atoms with Gasteiger partial charge in [-0.1, -0.05) is 0 Å². The number of anilines is 3. The molecule has 0 aromatic carbocycles. The van der Waals surface area contributed by atoms with E-state index in [2.05, 4.69) is 24.8 Å². The highest BCUT2D eigenvalue weighted by molar-refractivity contribution is 5.97. The van der Waals surface area contributed by atoms with E-state index >= 15 is 0 Å². The summed E-state index contributed by atoms with van der Waals surface area (Å²) in [5.41, 5.74) is 7.78. The van der Waals surface area contributed by atoms with Crippen molar-refractivity contribution < 1.29 is 9.47 Å². The van der Waals surface area contributed by atoms with Crippen LogP contribution in [0.4, 0.5) is 17.5 Å². The molecule has 0 bridgehead atoms. The molecule has 10 nitrogen and oxygen atoms in total. The van der Waals surface area contributed by atoms with Crippen molar-refractivity contribution in [2.24, 2.45) is 0 Å². The van der Waals surface area contributed by atoms with Crippen LogP contribution in [0.3, 0.4) is 0 Å². The molecule has 0 amide bonds. The number of hydrogen-bond donors (Lipinski definition) is 1. The molecule has 0 saturated carbocycles. The highest BCUT2D eigenvalue weighted by Gasteiger charge is 2.23. The van der Waals surface area contributed by atoms with Crippen LogP contribution in [0.5, 0.6) is 0 Å². The first-order chi connectivity index (χ1) is 13.8. The number of pyridine rings is 1. The van der Waals surface area contributed by atoms with E-state index in [1.54, 1.807) is 6.20 Å². The lowest BCUT2D eigenvalue weighted by molar-refractivity contribution is 0.122. The van der Waals surface area contributed by atoms with Gasteiger partial charge in [0.25, 0.3) is 0 Å². The molecule has 146 valence electrons. The summed E-state index contributed by atoms with van der Waals surface area (Å²) in [6.45, 7) is 5.92. The second-order valence-electron chi connectivity index (χ2n) is 6.76. The molecule has 3 aromatic rings. The highest BCUT2D eigenvalue weighted by Crippen LogP contribution is 2.31. The molecule has 0 aliphatic carbocycles. The van der Waals surface area contributed by atoms with Crippen molar-refractivity contribution in [3.05, 3.63) is 24.7 Å². The van der Waals surface area contributed by atoms with Crippen LogP contribution >= 0.6 is 0 Å². The maximum Gasteiger partial charge on any atom is 0.170 e. The third kappa shape index (κ3) is 3.00. The monoisotopic (exact) mass is 382 g/mol. The van der Waals surface area contributed by atoms with E-state index in [0.29, 0.717) is 37.9 Å². The minimum Gasteiger partial charge on any atom is -0.383 e. The smallest absolute Gasteiger partial charge is 0.170 e. The van der Waals surface area contributed by atoms with Crippen molar-refractivity contribution in [3.8, 4) is 5.69 Å². The predicted octanol–water partition coefficient (Wildman–Crippen LogP) is 0.466. The molecule has 28 heavy (non-hydrogen) atoms. The summed E-state index contributed by atoms with van der Waals surface area (Å²) < 4.78 is 12.7. The molecule has 5 rings (SSSR count). The molecule has 0 unspecified atom stereocenters. The van der Waals surface area contributed by atoms with E-state index in [1.165, 1.54) is 6.33 Å². The van der Waals surface area contributed by atoms with Crippen molar-refractivity contribution in [1.82, 2.24) is 24.7 Å². The van der Waals surface area contributed by atoms with Crippen molar-refractivity contribution in [2.45, 2.75) is 0 Å². The molecular weight excluding hydrogens is 360 g/mol. The van der Waals surface area contributed by atoms with Crippen molar-refractivity contribution in [3.63, 3.8) is 0 Å². The Labute approximate surface area is 161 Å². The van der Waals surface area contributed by atoms with Crippen LogP contribution in [-0.4, -0.2) is 77.3 Å². The van der Waals surface area contributed by atoms with E-state index in [-0.39, 0.29) is 0 Å². The predicted molar refractivity (Wildman–Crippen MR) is 105 cm³/mol. The lowest BCUT2D eigenvalue weighted by Crippen LogP contribution is -2.37. The average Bonchev–Trinajstić information content (AvgIpc) is 3.16. The van der Waals surface area contributed by atoms with Crippen molar-refractivity contribution >= 4 is 28.5 Å².